The third kappa shape index (κ3) is 3.40. The van der Waals surface area contributed by atoms with Crippen LogP contribution in [0.2, 0.25) is 0 Å². The monoisotopic (exact) mass is 671 g/mol. The topological polar surface area (TPSA) is 12.1 Å². The highest BCUT2D eigenvalue weighted by Gasteiger charge is 2.27. The van der Waals surface area contributed by atoms with Gasteiger partial charge in [0.25, 0.3) is 0 Å². The Morgan fingerprint density at radius 1 is 0.302 bits per heavy atom. The molecule has 0 radical (unpaired) electrons. The summed E-state index contributed by atoms with van der Waals surface area (Å²) >= 11 is 0. The first-order valence-electron chi connectivity index (χ1n) is 18.4. The number of aromatic nitrogens is 2. The molecule has 0 amide bonds. The minimum absolute atomic E-state index is 1.13. The Labute approximate surface area is 303 Å². The number of benzene rings is 9. The second kappa shape index (κ2) is 9.81. The Morgan fingerprint density at radius 2 is 0.868 bits per heavy atom. The summed E-state index contributed by atoms with van der Waals surface area (Å²) in [6, 6.07) is 64.9. The van der Waals surface area contributed by atoms with Gasteiger partial charge in [0.05, 0.1) is 38.8 Å². The molecule has 3 nitrogen and oxygen atoms in total. The van der Waals surface area contributed by atoms with Crippen molar-refractivity contribution in [3.8, 4) is 0 Å². The molecule has 53 heavy (non-hydrogen) atoms. The van der Waals surface area contributed by atoms with Gasteiger partial charge < -0.3 is 13.7 Å². The number of rotatable bonds is 3. The molecule has 0 atom stereocenters. The third-order valence-electron chi connectivity index (χ3n) is 11.9. The quantitative estimate of drug-likeness (QED) is 0.182. The fourth-order valence-electron chi connectivity index (χ4n) is 9.81. The van der Waals surface area contributed by atoms with E-state index in [0.29, 0.717) is 0 Å². The zero-order valence-corrected chi connectivity index (χ0v) is 28.6. The molecule has 0 aliphatic heterocycles. The first kappa shape index (κ1) is 27.6. The summed E-state index contributed by atoms with van der Waals surface area (Å²) in [6.45, 7) is 0. The maximum atomic E-state index is 2.58. The molecule has 4 aromatic heterocycles. The van der Waals surface area contributed by atoms with Crippen LogP contribution >= 0.6 is 0 Å². The fourth-order valence-corrected chi connectivity index (χ4v) is 9.81. The fraction of sp³-hybridized carbons (Fsp3) is 0. The summed E-state index contributed by atoms with van der Waals surface area (Å²) in [5.41, 5.74) is 11.0. The maximum Gasteiger partial charge on any atom is 0.0782 e. The van der Waals surface area contributed by atoms with E-state index in [9.17, 15) is 0 Å². The molecule has 0 saturated heterocycles. The van der Waals surface area contributed by atoms with Crippen LogP contribution in [0.25, 0.3) is 97.7 Å². The van der Waals surface area contributed by atoms with E-state index in [2.05, 4.69) is 190 Å². The highest BCUT2D eigenvalue weighted by molar-refractivity contribution is 6.40. The van der Waals surface area contributed by atoms with Gasteiger partial charge in [-0.1, -0.05) is 115 Å². The van der Waals surface area contributed by atoms with Crippen molar-refractivity contribution < 1.29 is 0 Å². The molecule has 0 fully saturated rings. The van der Waals surface area contributed by atoms with Gasteiger partial charge in [-0.05, 0) is 82.2 Å². The summed E-state index contributed by atoms with van der Waals surface area (Å²) in [5.74, 6) is 0. The van der Waals surface area contributed by atoms with E-state index in [1.165, 1.54) is 97.7 Å². The number of nitrogens with zero attached hydrogens (tertiary/aromatic N) is 3. The molecule has 3 heteroatoms. The van der Waals surface area contributed by atoms with Crippen molar-refractivity contribution >= 4 is 115 Å². The molecule has 0 N–H and O–H groups in total. The van der Waals surface area contributed by atoms with Gasteiger partial charge in [-0.2, -0.15) is 0 Å². The number of hydrogen-bond donors (Lipinski definition) is 0. The minimum atomic E-state index is 1.13. The Kier molecular flexibility index (Phi) is 5.11. The van der Waals surface area contributed by atoms with E-state index in [-0.39, 0.29) is 0 Å². The third-order valence-corrected chi connectivity index (χ3v) is 11.9. The highest BCUT2D eigenvalue weighted by atomic mass is 15.2. The zero-order chi connectivity index (χ0) is 34.4. The number of hydrogen-bond acceptors (Lipinski definition) is 1. The molecule has 244 valence electrons. The molecule has 0 aliphatic carbocycles. The van der Waals surface area contributed by atoms with Crippen molar-refractivity contribution in [2.24, 2.45) is 0 Å². The number of para-hydroxylation sites is 4. The lowest BCUT2D eigenvalue weighted by atomic mass is 9.97. The molecule has 13 rings (SSSR count). The molecule has 4 heterocycles. The van der Waals surface area contributed by atoms with Crippen molar-refractivity contribution in [1.82, 2.24) is 8.80 Å². The van der Waals surface area contributed by atoms with E-state index >= 15 is 0 Å². The van der Waals surface area contributed by atoms with Crippen molar-refractivity contribution in [2.75, 3.05) is 4.90 Å². The van der Waals surface area contributed by atoms with E-state index in [0.717, 1.165) is 17.1 Å². The van der Waals surface area contributed by atoms with Gasteiger partial charge in [0.2, 0.25) is 0 Å². The first-order valence-corrected chi connectivity index (χ1v) is 18.4. The smallest absolute Gasteiger partial charge is 0.0782 e. The van der Waals surface area contributed by atoms with Crippen LogP contribution in [-0.4, -0.2) is 8.80 Å². The second-order valence-electron chi connectivity index (χ2n) is 14.5. The van der Waals surface area contributed by atoms with E-state index < -0.39 is 0 Å². The Morgan fingerprint density at radius 3 is 1.62 bits per heavy atom. The van der Waals surface area contributed by atoms with Crippen LogP contribution in [0.5, 0.6) is 0 Å². The zero-order valence-electron chi connectivity index (χ0n) is 28.6. The Hall–Kier alpha value is -7.10. The average Bonchev–Trinajstić information content (AvgIpc) is 3.94. The van der Waals surface area contributed by atoms with Crippen LogP contribution in [0.3, 0.4) is 0 Å². The average molecular weight is 672 g/mol. The summed E-state index contributed by atoms with van der Waals surface area (Å²) in [4.78, 5) is 2.42. The molecule has 9 aromatic carbocycles. The molecular weight excluding hydrogens is 643 g/mol. The first-order chi connectivity index (χ1) is 26.3. The van der Waals surface area contributed by atoms with Crippen LogP contribution < -0.4 is 4.90 Å². The maximum absolute atomic E-state index is 2.58. The van der Waals surface area contributed by atoms with Gasteiger partial charge in [-0.15, -0.1) is 0 Å². The summed E-state index contributed by atoms with van der Waals surface area (Å²) in [5, 5.41) is 15.6. The highest BCUT2D eigenvalue weighted by Crippen LogP contribution is 2.51. The van der Waals surface area contributed by atoms with E-state index in [1.54, 1.807) is 0 Å². The van der Waals surface area contributed by atoms with Gasteiger partial charge in [0.1, 0.15) is 0 Å². The normalized spacial score (nSPS) is 12.5. The van der Waals surface area contributed by atoms with Crippen molar-refractivity contribution in [1.29, 1.82) is 0 Å². The predicted octanol–water partition coefficient (Wildman–Crippen LogP) is 13.8. The van der Waals surface area contributed by atoms with Crippen LogP contribution in [0, 0.1) is 0 Å². The standard InChI is InChI=1S/C50H29N3/c1-3-16-33(17-4-1)51(34-18-5-2-6-19-34)43-24-12-22-37-40-28-32-15-9-10-20-35(32)46-47-42(53(49(37)43)50(40)46)26-25-41-45(47)38-23-11-21-36-39-27-30-13-7-8-14-31(30)29-44(39)52(41)48(36)38/h1-29H. The van der Waals surface area contributed by atoms with Crippen LogP contribution in [0.1, 0.15) is 0 Å². The van der Waals surface area contributed by atoms with Crippen LogP contribution in [0.4, 0.5) is 17.1 Å². The largest absolute Gasteiger partial charge is 0.308 e. The van der Waals surface area contributed by atoms with Gasteiger partial charge in [-0.3, -0.25) is 0 Å². The molecular formula is C50H29N3. The summed E-state index contributed by atoms with van der Waals surface area (Å²) < 4.78 is 5.11. The van der Waals surface area contributed by atoms with E-state index in [4.69, 9.17) is 0 Å². The second-order valence-corrected chi connectivity index (χ2v) is 14.5. The lowest BCUT2D eigenvalue weighted by Crippen LogP contribution is -2.10. The van der Waals surface area contributed by atoms with Crippen molar-refractivity contribution in [2.45, 2.75) is 0 Å². The number of anilines is 3. The summed E-state index contributed by atoms with van der Waals surface area (Å²) in [6.07, 6.45) is 0. The van der Waals surface area contributed by atoms with Crippen LogP contribution in [-0.2, 0) is 0 Å². The molecule has 0 saturated carbocycles. The van der Waals surface area contributed by atoms with Gasteiger partial charge in [0, 0.05) is 54.5 Å². The van der Waals surface area contributed by atoms with Crippen molar-refractivity contribution in [3.05, 3.63) is 176 Å². The predicted molar refractivity (Wildman–Crippen MR) is 225 cm³/mol. The molecule has 0 aliphatic rings. The number of fused-ring (bicyclic) bond motifs is 16. The molecule has 13 aromatic rings. The van der Waals surface area contributed by atoms with Gasteiger partial charge in [-0.25, -0.2) is 0 Å². The minimum Gasteiger partial charge on any atom is -0.308 e. The van der Waals surface area contributed by atoms with Crippen LogP contribution in [0.15, 0.2) is 176 Å². The SMILES string of the molecule is c1ccc(N(c2ccccc2)c2cccc3c4cc5ccccc5c5c6c7c8cccc9c%10cc%11ccccc%11cc%10n(c7ccc6n(c23)c45)c98)cc1. The Bertz CT molecular complexity index is 3570. The van der Waals surface area contributed by atoms with Gasteiger partial charge >= 0.3 is 0 Å². The molecule has 0 spiro atoms. The Balaban J connectivity index is 1.26. The summed E-state index contributed by atoms with van der Waals surface area (Å²) in [7, 11) is 0. The molecule has 0 bridgehead atoms. The lowest BCUT2D eigenvalue weighted by Gasteiger charge is -2.26. The lowest BCUT2D eigenvalue weighted by molar-refractivity contribution is 1.27. The van der Waals surface area contributed by atoms with Crippen molar-refractivity contribution in [3.63, 3.8) is 0 Å². The van der Waals surface area contributed by atoms with E-state index in [1.807, 2.05) is 0 Å². The van der Waals surface area contributed by atoms with Gasteiger partial charge in [0.15, 0.2) is 0 Å². The molecule has 0 unspecified atom stereocenters.